The Kier molecular flexibility index (Phi) is 7.07. The number of carbonyl (C=O) groups is 1. The molecule has 32 heavy (non-hydrogen) atoms. The monoisotopic (exact) mass is 480 g/mol. The number of hydrogen-bond donors (Lipinski definition) is 3. The SMILES string of the molecule is Cl.NCCNc1ccc2cc(OCc3ccccc3)c(N3CC(=O)NS3(=O)=O)c(F)c2c1. The fraction of sp³-hybridized carbons (Fsp3) is 0.190. The number of hydrogen-bond acceptors (Lipinski definition) is 6. The van der Waals surface area contributed by atoms with Gasteiger partial charge < -0.3 is 15.8 Å². The largest absolute Gasteiger partial charge is 0.487 e. The van der Waals surface area contributed by atoms with Gasteiger partial charge in [-0.3, -0.25) is 4.79 Å². The molecule has 1 aliphatic rings. The molecule has 0 unspecified atom stereocenters. The van der Waals surface area contributed by atoms with E-state index in [2.05, 4.69) is 5.32 Å². The van der Waals surface area contributed by atoms with Crippen molar-refractivity contribution in [3.63, 3.8) is 0 Å². The molecular formula is C21H22ClFN4O4S. The van der Waals surface area contributed by atoms with Crippen molar-refractivity contribution in [2.75, 3.05) is 29.3 Å². The van der Waals surface area contributed by atoms with E-state index in [0.717, 1.165) is 5.56 Å². The van der Waals surface area contributed by atoms with Gasteiger partial charge in [-0.1, -0.05) is 36.4 Å². The summed E-state index contributed by atoms with van der Waals surface area (Å²) < 4.78 is 49.0. The lowest BCUT2D eigenvalue weighted by Gasteiger charge is -2.21. The van der Waals surface area contributed by atoms with Crippen molar-refractivity contribution >= 4 is 50.7 Å². The van der Waals surface area contributed by atoms with E-state index in [9.17, 15) is 13.2 Å². The van der Waals surface area contributed by atoms with Crippen LogP contribution in [0.1, 0.15) is 5.56 Å². The highest BCUT2D eigenvalue weighted by Crippen LogP contribution is 2.40. The van der Waals surface area contributed by atoms with E-state index >= 15 is 4.39 Å². The summed E-state index contributed by atoms with van der Waals surface area (Å²) in [5.74, 6) is -1.51. The second-order valence-corrected chi connectivity index (χ2v) is 8.59. The van der Waals surface area contributed by atoms with Gasteiger partial charge in [0, 0.05) is 24.2 Å². The molecule has 1 aliphatic heterocycles. The summed E-state index contributed by atoms with van der Waals surface area (Å²) in [7, 11) is -4.23. The molecule has 8 nitrogen and oxygen atoms in total. The summed E-state index contributed by atoms with van der Waals surface area (Å²) in [6.45, 7) is 0.469. The predicted octanol–water partition coefficient (Wildman–Crippen LogP) is 2.53. The molecule has 1 heterocycles. The number of anilines is 2. The first-order valence-electron chi connectivity index (χ1n) is 9.59. The van der Waals surface area contributed by atoms with E-state index in [1.54, 1.807) is 24.3 Å². The molecule has 1 amide bonds. The summed E-state index contributed by atoms with van der Waals surface area (Å²) in [6, 6.07) is 15.8. The van der Waals surface area contributed by atoms with Crippen molar-refractivity contribution in [1.29, 1.82) is 0 Å². The van der Waals surface area contributed by atoms with Crippen molar-refractivity contribution in [3.05, 3.63) is 66.0 Å². The zero-order chi connectivity index (χ0) is 22.0. The average Bonchev–Trinajstić information content (AvgIpc) is 3.03. The van der Waals surface area contributed by atoms with Gasteiger partial charge in [0.15, 0.2) is 5.82 Å². The van der Waals surface area contributed by atoms with Gasteiger partial charge in [0.25, 0.3) is 5.91 Å². The summed E-state index contributed by atoms with van der Waals surface area (Å²) in [6.07, 6.45) is 0. The number of nitrogens with one attached hydrogen (secondary N) is 2. The quantitative estimate of drug-likeness (QED) is 0.479. The first kappa shape index (κ1) is 23.6. The molecule has 4 N–H and O–H groups in total. The maximum Gasteiger partial charge on any atom is 0.326 e. The zero-order valence-electron chi connectivity index (χ0n) is 16.9. The third-order valence-corrected chi connectivity index (χ3v) is 6.18. The van der Waals surface area contributed by atoms with Crippen LogP contribution in [0.5, 0.6) is 5.75 Å². The fourth-order valence-corrected chi connectivity index (χ4v) is 4.53. The van der Waals surface area contributed by atoms with E-state index < -0.39 is 28.5 Å². The van der Waals surface area contributed by atoms with E-state index in [1.165, 1.54) is 0 Å². The van der Waals surface area contributed by atoms with Crippen LogP contribution in [0.15, 0.2) is 54.6 Å². The second-order valence-electron chi connectivity index (χ2n) is 7.00. The highest BCUT2D eigenvalue weighted by atomic mass is 35.5. The number of benzene rings is 3. The molecule has 3 aromatic rings. The molecule has 11 heteroatoms. The first-order chi connectivity index (χ1) is 14.9. The molecule has 0 spiro atoms. The average molecular weight is 481 g/mol. The van der Waals surface area contributed by atoms with Gasteiger partial charge in [-0.05, 0) is 29.1 Å². The minimum absolute atomic E-state index is 0. The molecular weight excluding hydrogens is 459 g/mol. The molecule has 1 fully saturated rings. The van der Waals surface area contributed by atoms with Gasteiger partial charge in [0.1, 0.15) is 24.6 Å². The van der Waals surface area contributed by atoms with Crippen molar-refractivity contribution in [1.82, 2.24) is 4.72 Å². The lowest BCUT2D eigenvalue weighted by atomic mass is 10.1. The Bertz CT molecular complexity index is 1240. The van der Waals surface area contributed by atoms with Crippen molar-refractivity contribution in [2.45, 2.75) is 6.61 Å². The zero-order valence-corrected chi connectivity index (χ0v) is 18.5. The smallest absolute Gasteiger partial charge is 0.326 e. The highest BCUT2D eigenvalue weighted by molar-refractivity contribution is 7.92. The van der Waals surface area contributed by atoms with E-state index in [0.29, 0.717) is 28.5 Å². The van der Waals surface area contributed by atoms with E-state index in [1.807, 2.05) is 35.1 Å². The fourth-order valence-electron chi connectivity index (χ4n) is 3.37. The molecule has 0 saturated carbocycles. The lowest BCUT2D eigenvalue weighted by Crippen LogP contribution is -2.30. The van der Waals surface area contributed by atoms with Gasteiger partial charge in [0.05, 0.1) is 0 Å². The maximum atomic E-state index is 15.7. The van der Waals surface area contributed by atoms with Crippen LogP contribution in [0.25, 0.3) is 10.8 Å². The highest BCUT2D eigenvalue weighted by Gasteiger charge is 2.38. The van der Waals surface area contributed by atoms with E-state index in [4.69, 9.17) is 10.5 Å². The molecule has 1 saturated heterocycles. The Morgan fingerprint density at radius 3 is 2.56 bits per heavy atom. The summed E-state index contributed by atoms with van der Waals surface area (Å²) in [5, 5.41) is 3.79. The van der Waals surface area contributed by atoms with Gasteiger partial charge in [-0.25, -0.2) is 13.4 Å². The van der Waals surface area contributed by atoms with Gasteiger partial charge in [-0.2, -0.15) is 8.42 Å². The van der Waals surface area contributed by atoms with Crippen LogP contribution in [0, 0.1) is 5.82 Å². The second kappa shape index (κ2) is 9.60. The minimum atomic E-state index is -4.23. The lowest BCUT2D eigenvalue weighted by molar-refractivity contribution is -0.117. The van der Waals surface area contributed by atoms with Gasteiger partial charge in [0.2, 0.25) is 0 Å². The molecule has 0 radical (unpaired) electrons. The van der Waals surface area contributed by atoms with E-state index in [-0.39, 0.29) is 35.8 Å². The molecule has 0 bridgehead atoms. The topological polar surface area (TPSA) is 114 Å². The normalized spacial score (nSPS) is 14.7. The number of nitrogens with zero attached hydrogens (tertiary/aromatic N) is 1. The number of rotatable bonds is 7. The molecule has 0 atom stereocenters. The Hall–Kier alpha value is -3.08. The Labute approximate surface area is 191 Å². The van der Waals surface area contributed by atoms with Crippen LogP contribution in [0.4, 0.5) is 15.8 Å². The van der Waals surface area contributed by atoms with Crippen molar-refractivity contribution in [2.24, 2.45) is 5.73 Å². The number of fused-ring (bicyclic) bond motifs is 1. The van der Waals surface area contributed by atoms with Gasteiger partial charge >= 0.3 is 10.2 Å². The molecule has 3 aromatic carbocycles. The number of halogens is 2. The van der Waals surface area contributed by atoms with Crippen LogP contribution in [-0.4, -0.2) is 34.0 Å². The molecule has 4 rings (SSSR count). The summed E-state index contributed by atoms with van der Waals surface area (Å²) >= 11 is 0. The minimum Gasteiger partial charge on any atom is -0.487 e. The Morgan fingerprint density at radius 2 is 1.91 bits per heavy atom. The molecule has 0 aliphatic carbocycles. The number of carbonyl (C=O) groups excluding carboxylic acids is 1. The van der Waals surface area contributed by atoms with Crippen LogP contribution in [0.2, 0.25) is 0 Å². The standard InChI is InChI=1S/C21H21FN4O4S.ClH/c22-20-17-11-16(24-9-8-23)7-6-15(17)10-18(30-13-14-4-2-1-3-5-14)21(20)26-12-19(27)25-31(26,28)29;/h1-7,10-11,24H,8-9,12-13,23H2,(H,25,27);1H. The predicted molar refractivity (Wildman–Crippen MR) is 124 cm³/mol. The molecule has 0 aromatic heterocycles. The summed E-state index contributed by atoms with van der Waals surface area (Å²) in [4.78, 5) is 11.8. The van der Waals surface area contributed by atoms with Gasteiger partial charge in [-0.15, -0.1) is 12.4 Å². The third kappa shape index (κ3) is 4.72. The maximum absolute atomic E-state index is 15.7. The first-order valence-corrected chi connectivity index (χ1v) is 11.0. The van der Waals surface area contributed by atoms with Crippen LogP contribution >= 0.6 is 12.4 Å². The molecule has 170 valence electrons. The van der Waals surface area contributed by atoms with Crippen LogP contribution < -0.4 is 24.8 Å². The van der Waals surface area contributed by atoms with Crippen LogP contribution in [0.3, 0.4) is 0 Å². The van der Waals surface area contributed by atoms with Crippen molar-refractivity contribution in [3.8, 4) is 5.75 Å². The number of amides is 1. The van der Waals surface area contributed by atoms with Crippen molar-refractivity contribution < 1.29 is 22.3 Å². The van der Waals surface area contributed by atoms with Crippen LogP contribution in [-0.2, 0) is 21.6 Å². The Balaban J connectivity index is 0.00000289. The third-order valence-electron chi connectivity index (χ3n) is 4.80. The summed E-state index contributed by atoms with van der Waals surface area (Å²) in [5.41, 5.74) is 6.66. The number of ether oxygens (including phenoxy) is 1. The number of nitrogens with two attached hydrogens (primary N) is 1. The Morgan fingerprint density at radius 1 is 1.16 bits per heavy atom.